The smallest absolute Gasteiger partial charge is 0.333 e. The molecule has 4 heterocycles. The van der Waals surface area contributed by atoms with E-state index in [1.807, 2.05) is 13.0 Å². The number of aryl methyl sites for hydroxylation is 1. The fraction of sp³-hybridized carbons (Fsp3) is 0.385. The summed E-state index contributed by atoms with van der Waals surface area (Å²) in [6, 6.07) is 3.68. The van der Waals surface area contributed by atoms with Gasteiger partial charge in [-0.3, -0.25) is 13.8 Å². The van der Waals surface area contributed by atoms with E-state index in [0.717, 1.165) is 15.1 Å². The summed E-state index contributed by atoms with van der Waals surface area (Å²) < 4.78 is 21.3. The van der Waals surface area contributed by atoms with Crippen LogP contribution in [0.15, 0.2) is 18.3 Å². The second-order valence-corrected chi connectivity index (χ2v) is 7.92. The number of aromatic nitrogens is 1. The number of thiophene rings is 1. The van der Waals surface area contributed by atoms with Crippen molar-refractivity contribution in [1.82, 2.24) is 9.88 Å². The molecule has 2 aliphatic heterocycles. The predicted octanol–water partition coefficient (Wildman–Crippen LogP) is 1.94. The molecule has 3 atom stereocenters. The zero-order valence-corrected chi connectivity index (χ0v) is 13.3. The average Bonchev–Trinajstić information content (AvgIpc) is 3.05. The molecular formula is C13H13N2O5PS. The SMILES string of the molecule is Cc1sc2ncccc2c1C(=O)N1C[C@@H]2OP(=O)(O)O[C@@H]2C1. The van der Waals surface area contributed by atoms with E-state index in [-0.39, 0.29) is 19.0 Å². The van der Waals surface area contributed by atoms with E-state index >= 15 is 0 Å². The lowest BCUT2D eigenvalue weighted by Gasteiger charge is -2.17. The Morgan fingerprint density at radius 3 is 2.82 bits per heavy atom. The lowest BCUT2D eigenvalue weighted by atomic mass is 10.1. The number of nitrogens with zero attached hydrogens (tertiary/aromatic N) is 2. The minimum atomic E-state index is -3.93. The number of fused-ring (bicyclic) bond motifs is 2. The topological polar surface area (TPSA) is 89.0 Å². The van der Waals surface area contributed by atoms with Crippen molar-refractivity contribution in [2.75, 3.05) is 13.1 Å². The first kappa shape index (κ1) is 14.3. The number of rotatable bonds is 1. The van der Waals surface area contributed by atoms with E-state index in [1.54, 1.807) is 17.2 Å². The molecule has 2 saturated heterocycles. The van der Waals surface area contributed by atoms with Crippen molar-refractivity contribution >= 4 is 35.3 Å². The van der Waals surface area contributed by atoms with E-state index in [4.69, 9.17) is 9.05 Å². The molecule has 2 aromatic heterocycles. The van der Waals surface area contributed by atoms with Crippen molar-refractivity contribution in [3.05, 3.63) is 28.8 Å². The van der Waals surface area contributed by atoms with Crippen molar-refractivity contribution in [2.45, 2.75) is 19.1 Å². The second-order valence-electron chi connectivity index (χ2n) is 5.36. The van der Waals surface area contributed by atoms with Gasteiger partial charge in [0.15, 0.2) is 0 Å². The Morgan fingerprint density at radius 2 is 2.14 bits per heavy atom. The third-order valence-electron chi connectivity index (χ3n) is 3.90. The molecular weight excluding hydrogens is 327 g/mol. The highest BCUT2D eigenvalue weighted by atomic mass is 32.1. The van der Waals surface area contributed by atoms with Gasteiger partial charge in [0.05, 0.1) is 18.7 Å². The first-order valence-corrected chi connectivity index (χ1v) is 9.09. The van der Waals surface area contributed by atoms with Crippen LogP contribution in [0.4, 0.5) is 0 Å². The van der Waals surface area contributed by atoms with Gasteiger partial charge in [-0.05, 0) is 19.1 Å². The lowest BCUT2D eigenvalue weighted by molar-refractivity contribution is 0.0750. The van der Waals surface area contributed by atoms with Crippen molar-refractivity contribution in [3.8, 4) is 0 Å². The molecule has 7 nitrogen and oxygen atoms in total. The van der Waals surface area contributed by atoms with Gasteiger partial charge in [-0.2, -0.15) is 0 Å². The summed E-state index contributed by atoms with van der Waals surface area (Å²) in [5.41, 5.74) is 0.639. The summed E-state index contributed by atoms with van der Waals surface area (Å²) in [5, 5.41) is 0.835. The van der Waals surface area contributed by atoms with Gasteiger partial charge in [0, 0.05) is 16.5 Å². The summed E-state index contributed by atoms with van der Waals surface area (Å²) in [7, 11) is -3.93. The summed E-state index contributed by atoms with van der Waals surface area (Å²) >= 11 is 1.48. The molecule has 0 aliphatic carbocycles. The number of carbonyl (C=O) groups excluding carboxylic acids is 1. The van der Waals surface area contributed by atoms with Crippen LogP contribution in [0.5, 0.6) is 0 Å². The van der Waals surface area contributed by atoms with Gasteiger partial charge < -0.3 is 9.79 Å². The van der Waals surface area contributed by atoms with Crippen molar-refractivity contribution in [3.63, 3.8) is 0 Å². The maximum Gasteiger partial charge on any atom is 0.473 e. The second kappa shape index (κ2) is 4.84. The van der Waals surface area contributed by atoms with Crippen LogP contribution in [0.25, 0.3) is 10.2 Å². The molecule has 1 unspecified atom stereocenters. The number of amides is 1. The highest BCUT2D eigenvalue weighted by Crippen LogP contribution is 2.54. The Morgan fingerprint density at radius 1 is 1.45 bits per heavy atom. The average molecular weight is 340 g/mol. The maximum atomic E-state index is 12.8. The van der Waals surface area contributed by atoms with Crippen LogP contribution in [0.1, 0.15) is 15.2 Å². The van der Waals surface area contributed by atoms with Crippen molar-refractivity contribution < 1.29 is 23.3 Å². The molecule has 0 bridgehead atoms. The van der Waals surface area contributed by atoms with Crippen LogP contribution in [0.3, 0.4) is 0 Å². The van der Waals surface area contributed by atoms with E-state index < -0.39 is 20.0 Å². The van der Waals surface area contributed by atoms with E-state index in [1.165, 1.54) is 11.3 Å². The van der Waals surface area contributed by atoms with Gasteiger partial charge >= 0.3 is 7.82 Å². The molecule has 0 saturated carbocycles. The standard InChI is InChI=1S/C13H13N2O5PS/c1-7-11(8-3-2-4-14-12(8)22-7)13(16)15-5-9-10(6-15)20-21(17,18)19-9/h2-4,9-10H,5-6H2,1H3,(H,17,18)/t9-,10+. The van der Waals surface area contributed by atoms with E-state index in [9.17, 15) is 14.3 Å². The Kier molecular flexibility index (Phi) is 3.15. The molecule has 0 radical (unpaired) electrons. The van der Waals surface area contributed by atoms with Gasteiger partial charge in [-0.15, -0.1) is 11.3 Å². The molecule has 4 rings (SSSR count). The van der Waals surface area contributed by atoms with Gasteiger partial charge in [0.2, 0.25) is 0 Å². The fourth-order valence-corrected chi connectivity index (χ4v) is 5.07. The van der Waals surface area contributed by atoms with Crippen LogP contribution in [-0.2, 0) is 13.6 Å². The third kappa shape index (κ3) is 2.19. The summed E-state index contributed by atoms with van der Waals surface area (Å²) in [6.45, 7) is 2.40. The van der Waals surface area contributed by atoms with Crippen LogP contribution >= 0.6 is 19.2 Å². The zero-order chi connectivity index (χ0) is 15.5. The summed E-state index contributed by atoms with van der Waals surface area (Å²) in [5.74, 6) is -0.119. The number of hydrogen-bond donors (Lipinski definition) is 1. The van der Waals surface area contributed by atoms with Gasteiger partial charge in [0.1, 0.15) is 17.0 Å². The molecule has 0 aromatic carbocycles. The monoisotopic (exact) mass is 340 g/mol. The molecule has 9 heteroatoms. The number of phosphoric ester groups is 1. The first-order valence-electron chi connectivity index (χ1n) is 6.77. The Labute approximate surface area is 130 Å². The number of carbonyl (C=O) groups is 1. The predicted molar refractivity (Wildman–Crippen MR) is 79.8 cm³/mol. The number of hydrogen-bond acceptors (Lipinski definition) is 6. The largest absolute Gasteiger partial charge is 0.473 e. The molecule has 1 amide bonds. The minimum absolute atomic E-state index is 0.119. The molecule has 2 aliphatic rings. The molecule has 0 spiro atoms. The zero-order valence-electron chi connectivity index (χ0n) is 11.6. The van der Waals surface area contributed by atoms with Gasteiger partial charge in [0.25, 0.3) is 5.91 Å². The van der Waals surface area contributed by atoms with Gasteiger partial charge in [-0.1, -0.05) is 0 Å². The first-order chi connectivity index (χ1) is 10.4. The van der Waals surface area contributed by atoms with Gasteiger partial charge in [-0.25, -0.2) is 9.55 Å². The van der Waals surface area contributed by atoms with E-state index in [0.29, 0.717) is 5.56 Å². The van der Waals surface area contributed by atoms with E-state index in [2.05, 4.69) is 4.98 Å². The number of pyridine rings is 1. The van der Waals surface area contributed by atoms with Crippen LogP contribution in [-0.4, -0.2) is 46.0 Å². The number of likely N-dealkylation sites (tertiary alicyclic amines) is 1. The molecule has 116 valence electrons. The summed E-state index contributed by atoms with van der Waals surface area (Å²) in [4.78, 5) is 29.7. The van der Waals surface area contributed by atoms with Crippen molar-refractivity contribution in [2.24, 2.45) is 0 Å². The molecule has 1 N–H and O–H groups in total. The van der Waals surface area contributed by atoms with Crippen molar-refractivity contribution in [1.29, 1.82) is 0 Å². The Bertz CT molecular complexity index is 804. The lowest BCUT2D eigenvalue weighted by Crippen LogP contribution is -2.30. The molecule has 22 heavy (non-hydrogen) atoms. The highest BCUT2D eigenvalue weighted by Gasteiger charge is 2.50. The highest BCUT2D eigenvalue weighted by molar-refractivity contribution is 7.47. The number of phosphoric acid groups is 1. The van der Waals surface area contributed by atoms with Crippen LogP contribution in [0, 0.1) is 6.92 Å². The Balaban J connectivity index is 1.63. The van der Waals surface area contributed by atoms with Crippen LogP contribution < -0.4 is 0 Å². The summed E-state index contributed by atoms with van der Waals surface area (Å²) in [6.07, 6.45) is 0.624. The quantitative estimate of drug-likeness (QED) is 0.798. The molecule has 2 aromatic rings. The fourth-order valence-electron chi connectivity index (χ4n) is 2.95. The Hall–Kier alpha value is -1.31. The normalized spacial score (nSPS) is 30.9. The minimum Gasteiger partial charge on any atom is -0.333 e. The maximum absolute atomic E-state index is 12.8. The molecule has 2 fully saturated rings. The van der Waals surface area contributed by atoms with Crippen LogP contribution in [0.2, 0.25) is 0 Å². The third-order valence-corrected chi connectivity index (χ3v) is 6.00.